The Morgan fingerprint density at radius 3 is 1.29 bits per heavy atom. The molecule has 0 saturated carbocycles. The topological polar surface area (TPSA) is 14.2 Å². The van der Waals surface area contributed by atoms with E-state index in [1.807, 2.05) is 12.1 Å². The van der Waals surface area contributed by atoms with Gasteiger partial charge in [0.2, 0.25) is 0 Å². The van der Waals surface area contributed by atoms with Crippen LogP contribution in [0.1, 0.15) is 33.4 Å². The molecular formula is C43H32F3N3. The van der Waals surface area contributed by atoms with Crippen LogP contribution in [0.4, 0.5) is 18.9 Å². The van der Waals surface area contributed by atoms with Crippen LogP contribution < -0.4 is 0 Å². The minimum absolute atomic E-state index is 0.279. The average molecular weight is 648 g/mol. The van der Waals surface area contributed by atoms with E-state index in [4.69, 9.17) is 6.57 Å². The molecule has 0 spiro atoms. The largest absolute Gasteiger partial charge is 0.416 e. The molecule has 240 valence electrons. The lowest BCUT2D eigenvalue weighted by molar-refractivity contribution is -0.137. The molecule has 8 rings (SSSR count). The van der Waals surface area contributed by atoms with Crippen molar-refractivity contribution in [3.05, 3.63) is 148 Å². The Morgan fingerprint density at radius 2 is 0.898 bits per heavy atom. The predicted octanol–water partition coefficient (Wildman–Crippen LogP) is 12.7. The van der Waals surface area contributed by atoms with Crippen molar-refractivity contribution in [2.24, 2.45) is 0 Å². The van der Waals surface area contributed by atoms with Crippen LogP contribution in [0.15, 0.2) is 103 Å². The molecule has 0 saturated heterocycles. The maximum atomic E-state index is 14.1. The summed E-state index contributed by atoms with van der Waals surface area (Å²) in [6.45, 7) is 18.2. The molecule has 2 heterocycles. The van der Waals surface area contributed by atoms with Gasteiger partial charge < -0.3 is 9.13 Å². The van der Waals surface area contributed by atoms with Gasteiger partial charge in [-0.3, -0.25) is 0 Å². The summed E-state index contributed by atoms with van der Waals surface area (Å²) in [4.78, 5) is 3.96. The van der Waals surface area contributed by atoms with Crippen LogP contribution in [0.3, 0.4) is 0 Å². The average Bonchev–Trinajstić information content (AvgIpc) is 3.53. The maximum Gasteiger partial charge on any atom is 0.416 e. The van der Waals surface area contributed by atoms with Crippen LogP contribution in [0.2, 0.25) is 0 Å². The zero-order chi connectivity index (χ0) is 34.4. The van der Waals surface area contributed by atoms with Crippen LogP contribution in [0.25, 0.3) is 71.0 Å². The molecule has 0 amide bonds. The third kappa shape index (κ3) is 4.88. The van der Waals surface area contributed by atoms with Gasteiger partial charge >= 0.3 is 6.18 Å². The number of hydrogen-bond acceptors (Lipinski definition) is 0. The number of benzene rings is 6. The number of fused-ring (bicyclic) bond motifs is 6. The highest BCUT2D eigenvalue weighted by Crippen LogP contribution is 2.44. The van der Waals surface area contributed by atoms with E-state index >= 15 is 0 Å². The van der Waals surface area contributed by atoms with Crippen LogP contribution in [0, 0.1) is 41.2 Å². The van der Waals surface area contributed by atoms with Gasteiger partial charge in [-0.2, -0.15) is 13.2 Å². The Labute approximate surface area is 282 Å². The van der Waals surface area contributed by atoms with Crippen molar-refractivity contribution in [1.29, 1.82) is 0 Å². The molecule has 0 N–H and O–H groups in total. The lowest BCUT2D eigenvalue weighted by atomic mass is 9.97. The van der Waals surface area contributed by atoms with Gasteiger partial charge in [-0.1, -0.05) is 54.6 Å². The van der Waals surface area contributed by atoms with E-state index in [1.54, 1.807) is 13.0 Å². The molecule has 0 fully saturated rings. The number of nitrogens with zero attached hydrogens (tertiary/aromatic N) is 3. The van der Waals surface area contributed by atoms with E-state index in [1.165, 1.54) is 0 Å². The van der Waals surface area contributed by atoms with Crippen LogP contribution in [-0.4, -0.2) is 9.13 Å². The molecule has 49 heavy (non-hydrogen) atoms. The second kappa shape index (κ2) is 10.9. The third-order valence-corrected chi connectivity index (χ3v) is 9.57. The van der Waals surface area contributed by atoms with Gasteiger partial charge in [0.15, 0.2) is 5.69 Å². The zero-order valence-corrected chi connectivity index (χ0v) is 27.8. The number of hydrogen-bond donors (Lipinski definition) is 0. The van der Waals surface area contributed by atoms with Crippen LogP contribution in [-0.2, 0) is 6.18 Å². The quantitative estimate of drug-likeness (QED) is 0.170. The SMILES string of the molecule is [C-]#[N+]c1cc(-n2c3cc(C)ccc3c3ccc(C)cc32)c(-n2c3cc(C)ccc3c3ccc(C)cc32)cc1-c1cc(C)cc(C(F)(F)F)c1. The molecule has 0 unspecified atom stereocenters. The van der Waals surface area contributed by atoms with E-state index < -0.39 is 11.7 Å². The molecule has 0 aliphatic heterocycles. The summed E-state index contributed by atoms with van der Waals surface area (Å²) in [6.07, 6.45) is -4.53. The van der Waals surface area contributed by atoms with E-state index in [9.17, 15) is 13.2 Å². The zero-order valence-electron chi connectivity index (χ0n) is 27.8. The third-order valence-electron chi connectivity index (χ3n) is 9.57. The second-order valence-corrected chi connectivity index (χ2v) is 13.3. The molecule has 2 aromatic heterocycles. The highest BCUT2D eigenvalue weighted by molar-refractivity contribution is 6.12. The van der Waals surface area contributed by atoms with Crippen molar-refractivity contribution >= 4 is 49.3 Å². The molecular weight excluding hydrogens is 615 g/mol. The first-order valence-corrected chi connectivity index (χ1v) is 16.2. The van der Waals surface area contributed by atoms with Crippen molar-refractivity contribution in [3.63, 3.8) is 0 Å². The number of halogens is 3. The summed E-state index contributed by atoms with van der Waals surface area (Å²) in [5, 5.41) is 4.32. The summed E-state index contributed by atoms with van der Waals surface area (Å²) >= 11 is 0. The molecule has 3 nitrogen and oxygen atoms in total. The van der Waals surface area contributed by atoms with Crippen molar-refractivity contribution in [2.45, 2.75) is 40.8 Å². The van der Waals surface area contributed by atoms with Crippen LogP contribution >= 0.6 is 0 Å². The highest BCUT2D eigenvalue weighted by Gasteiger charge is 2.31. The van der Waals surface area contributed by atoms with E-state index in [0.29, 0.717) is 16.7 Å². The van der Waals surface area contributed by atoms with Crippen molar-refractivity contribution < 1.29 is 13.2 Å². The highest BCUT2D eigenvalue weighted by atomic mass is 19.4. The lowest BCUT2D eigenvalue weighted by Crippen LogP contribution is -2.06. The number of rotatable bonds is 3. The fourth-order valence-electron chi connectivity index (χ4n) is 7.35. The minimum Gasteiger partial charge on any atom is -0.308 e. The maximum absolute atomic E-state index is 14.1. The first-order valence-electron chi connectivity index (χ1n) is 16.2. The molecule has 0 aliphatic rings. The van der Waals surface area contributed by atoms with E-state index in [2.05, 4.69) is 114 Å². The first kappa shape index (κ1) is 30.5. The Bertz CT molecular complexity index is 2600. The van der Waals surface area contributed by atoms with Crippen molar-refractivity contribution in [3.8, 4) is 22.5 Å². The van der Waals surface area contributed by atoms with Gasteiger partial charge in [0.05, 0.1) is 45.6 Å². The fraction of sp³-hybridized carbons (Fsp3) is 0.140. The Kier molecular flexibility index (Phi) is 6.77. The van der Waals surface area contributed by atoms with Crippen LogP contribution in [0.5, 0.6) is 0 Å². The predicted molar refractivity (Wildman–Crippen MR) is 196 cm³/mol. The molecule has 6 aromatic carbocycles. The van der Waals surface area contributed by atoms with Crippen molar-refractivity contribution in [1.82, 2.24) is 9.13 Å². The van der Waals surface area contributed by atoms with Gasteiger partial charge in [-0.15, -0.1) is 0 Å². The molecule has 8 aromatic rings. The molecule has 0 atom stereocenters. The summed E-state index contributed by atoms with van der Waals surface area (Å²) < 4.78 is 46.8. The summed E-state index contributed by atoms with van der Waals surface area (Å²) in [5.41, 5.74) is 10.7. The fourth-order valence-corrected chi connectivity index (χ4v) is 7.35. The van der Waals surface area contributed by atoms with Gasteiger partial charge in [0.1, 0.15) is 0 Å². The summed E-state index contributed by atoms with van der Waals surface area (Å²) in [7, 11) is 0. The summed E-state index contributed by atoms with van der Waals surface area (Å²) in [5.74, 6) is 0. The van der Waals surface area contributed by atoms with Gasteiger partial charge in [-0.05, 0) is 122 Å². The molecule has 0 bridgehead atoms. The minimum atomic E-state index is -4.53. The van der Waals surface area contributed by atoms with E-state index in [0.717, 1.165) is 89.4 Å². The number of aromatic nitrogens is 2. The van der Waals surface area contributed by atoms with Crippen molar-refractivity contribution in [2.75, 3.05) is 0 Å². The van der Waals surface area contributed by atoms with E-state index in [-0.39, 0.29) is 5.69 Å². The normalized spacial score (nSPS) is 12.1. The van der Waals surface area contributed by atoms with Gasteiger partial charge in [-0.25, -0.2) is 4.85 Å². The van der Waals surface area contributed by atoms with Gasteiger partial charge in [0.25, 0.3) is 0 Å². The molecule has 0 radical (unpaired) electrons. The standard InChI is InChI=1S/C43H32F3N3/c1-24-7-11-31-32-12-8-25(2)18-38(32)48(37(31)17-24)41-22-35(29-15-28(5)16-30(21-29)43(44,45)46)36(47-6)23-42(41)49-39-19-26(3)9-13-33(39)34-14-10-27(4)20-40(34)49/h7-23H,1-5H3. The first-order chi connectivity index (χ1) is 23.4. The smallest absolute Gasteiger partial charge is 0.308 e. The van der Waals surface area contributed by atoms with Gasteiger partial charge in [0, 0.05) is 21.5 Å². The monoisotopic (exact) mass is 647 g/mol. The number of alkyl halides is 3. The lowest BCUT2D eigenvalue weighted by Gasteiger charge is -2.20. The number of aryl methyl sites for hydroxylation is 5. The second-order valence-electron chi connectivity index (χ2n) is 13.3. The Hall–Kier alpha value is -5.80. The Balaban J connectivity index is 1.60. The summed E-state index contributed by atoms with van der Waals surface area (Å²) in [6, 6.07) is 33.4. The Morgan fingerprint density at radius 1 is 0.490 bits per heavy atom. The molecule has 0 aliphatic carbocycles. The molecule has 6 heteroatoms.